The highest BCUT2D eigenvalue weighted by atomic mass is 32.2. The van der Waals surface area contributed by atoms with Gasteiger partial charge in [-0.1, -0.05) is 6.92 Å². The van der Waals surface area contributed by atoms with Crippen LogP contribution < -0.4 is 0 Å². The topological polar surface area (TPSA) is 57.6 Å². The molecule has 0 heterocycles. The number of carbonyl (C=O) groups excluding carboxylic acids is 1. The maximum Gasteiger partial charge on any atom is 0.304 e. The van der Waals surface area contributed by atoms with Gasteiger partial charge < -0.3 is 10.0 Å². The molecule has 0 rings (SSSR count). The van der Waals surface area contributed by atoms with Crippen molar-refractivity contribution in [1.29, 1.82) is 0 Å². The van der Waals surface area contributed by atoms with E-state index < -0.39 is 5.97 Å². The third kappa shape index (κ3) is 8.07. The molecule has 0 aromatic rings. The van der Waals surface area contributed by atoms with Crippen molar-refractivity contribution < 1.29 is 14.7 Å². The number of amides is 1. The first kappa shape index (κ1) is 16.3. The summed E-state index contributed by atoms with van der Waals surface area (Å²) < 4.78 is 0. The highest BCUT2D eigenvalue weighted by molar-refractivity contribution is 7.99. The second kappa shape index (κ2) is 9.33. The molecule has 4 nitrogen and oxygen atoms in total. The van der Waals surface area contributed by atoms with E-state index in [-0.39, 0.29) is 17.6 Å². The lowest BCUT2D eigenvalue weighted by Gasteiger charge is -2.18. The smallest absolute Gasteiger partial charge is 0.304 e. The van der Waals surface area contributed by atoms with Gasteiger partial charge in [-0.2, -0.15) is 11.8 Å². The Morgan fingerprint density at radius 1 is 1.29 bits per heavy atom. The molecular weight excluding hydrogens is 238 g/mol. The van der Waals surface area contributed by atoms with Crippen molar-refractivity contribution in [3.8, 4) is 0 Å². The number of carboxylic acid groups (broad SMARTS) is 1. The van der Waals surface area contributed by atoms with Crippen LogP contribution in [0, 0.1) is 0 Å². The van der Waals surface area contributed by atoms with Gasteiger partial charge in [-0.3, -0.25) is 9.59 Å². The number of carboxylic acids is 1. The molecule has 0 aliphatic carbocycles. The lowest BCUT2D eigenvalue weighted by Crippen LogP contribution is -2.30. The van der Waals surface area contributed by atoms with Crippen LogP contribution in [0.5, 0.6) is 0 Å². The van der Waals surface area contributed by atoms with Crippen LogP contribution >= 0.6 is 11.8 Å². The SMILES string of the molecule is CCN(CC)C(=O)CCCSC(C)CC(=O)O. The van der Waals surface area contributed by atoms with Crippen molar-refractivity contribution in [3.05, 3.63) is 0 Å². The summed E-state index contributed by atoms with van der Waals surface area (Å²) in [5, 5.41) is 8.71. The van der Waals surface area contributed by atoms with Gasteiger partial charge in [0.15, 0.2) is 0 Å². The van der Waals surface area contributed by atoms with Crippen LogP contribution in [0.1, 0.15) is 40.0 Å². The highest BCUT2D eigenvalue weighted by Gasteiger charge is 2.10. The Balaban J connectivity index is 3.63. The van der Waals surface area contributed by atoms with Crippen molar-refractivity contribution in [2.24, 2.45) is 0 Å². The summed E-state index contributed by atoms with van der Waals surface area (Å²) >= 11 is 1.62. The average molecular weight is 261 g/mol. The van der Waals surface area contributed by atoms with E-state index in [9.17, 15) is 9.59 Å². The summed E-state index contributed by atoms with van der Waals surface area (Å²) in [4.78, 5) is 23.9. The Bertz CT molecular complexity index is 242. The molecule has 100 valence electrons. The van der Waals surface area contributed by atoms with E-state index in [0.717, 1.165) is 25.3 Å². The fourth-order valence-electron chi connectivity index (χ4n) is 1.55. The predicted octanol–water partition coefficient (Wildman–Crippen LogP) is 2.23. The van der Waals surface area contributed by atoms with Gasteiger partial charge in [0, 0.05) is 24.8 Å². The summed E-state index contributed by atoms with van der Waals surface area (Å²) in [6.07, 6.45) is 1.58. The molecule has 0 aliphatic rings. The van der Waals surface area contributed by atoms with Gasteiger partial charge in [0.05, 0.1) is 6.42 Å². The van der Waals surface area contributed by atoms with Gasteiger partial charge >= 0.3 is 5.97 Å². The van der Waals surface area contributed by atoms with Gasteiger partial charge in [-0.05, 0) is 26.0 Å². The Morgan fingerprint density at radius 2 is 1.88 bits per heavy atom. The lowest BCUT2D eigenvalue weighted by atomic mass is 10.3. The van der Waals surface area contributed by atoms with Crippen LogP contribution in [0.3, 0.4) is 0 Å². The number of carbonyl (C=O) groups is 2. The largest absolute Gasteiger partial charge is 0.481 e. The number of nitrogens with zero attached hydrogens (tertiary/aromatic N) is 1. The van der Waals surface area contributed by atoms with E-state index in [1.165, 1.54) is 0 Å². The Kier molecular flexibility index (Phi) is 8.94. The molecule has 0 spiro atoms. The fourth-order valence-corrected chi connectivity index (χ4v) is 2.52. The fraction of sp³-hybridized carbons (Fsp3) is 0.833. The third-order valence-corrected chi connectivity index (χ3v) is 3.78. The van der Waals surface area contributed by atoms with Crippen molar-refractivity contribution in [2.45, 2.75) is 45.3 Å². The molecule has 0 saturated heterocycles. The molecule has 0 bridgehead atoms. The molecule has 1 unspecified atom stereocenters. The van der Waals surface area contributed by atoms with Crippen LogP contribution in [-0.2, 0) is 9.59 Å². The maximum atomic E-state index is 11.7. The molecule has 5 heteroatoms. The molecule has 1 atom stereocenters. The second-order valence-corrected chi connectivity index (χ2v) is 5.50. The average Bonchev–Trinajstić information content (AvgIpc) is 2.25. The summed E-state index contributed by atoms with van der Waals surface area (Å²) in [5.74, 6) is 0.285. The van der Waals surface area contributed by atoms with Crippen LogP contribution in [0.25, 0.3) is 0 Å². The normalized spacial score (nSPS) is 12.2. The van der Waals surface area contributed by atoms with E-state index in [1.807, 2.05) is 25.7 Å². The number of thioether (sulfide) groups is 1. The monoisotopic (exact) mass is 261 g/mol. The van der Waals surface area contributed by atoms with Crippen molar-refractivity contribution in [3.63, 3.8) is 0 Å². The summed E-state index contributed by atoms with van der Waals surface area (Å²) in [5.41, 5.74) is 0. The zero-order chi connectivity index (χ0) is 13.3. The molecule has 0 saturated carbocycles. The van der Waals surface area contributed by atoms with Crippen molar-refractivity contribution in [1.82, 2.24) is 4.90 Å². The van der Waals surface area contributed by atoms with Crippen LogP contribution in [0.15, 0.2) is 0 Å². The number of hydrogen-bond donors (Lipinski definition) is 1. The Hall–Kier alpha value is -0.710. The van der Waals surface area contributed by atoms with Gasteiger partial charge in [0.2, 0.25) is 5.91 Å². The van der Waals surface area contributed by atoms with Crippen LogP contribution in [0.2, 0.25) is 0 Å². The van der Waals surface area contributed by atoms with E-state index in [2.05, 4.69) is 0 Å². The lowest BCUT2D eigenvalue weighted by molar-refractivity contribution is -0.137. The van der Waals surface area contributed by atoms with Crippen LogP contribution in [-0.4, -0.2) is 46.0 Å². The first-order valence-electron chi connectivity index (χ1n) is 6.12. The number of hydrogen-bond acceptors (Lipinski definition) is 3. The van der Waals surface area contributed by atoms with Gasteiger partial charge in [0.25, 0.3) is 0 Å². The van der Waals surface area contributed by atoms with Crippen molar-refractivity contribution in [2.75, 3.05) is 18.8 Å². The molecule has 0 radical (unpaired) electrons. The standard InChI is InChI=1S/C12H23NO3S/c1-4-13(5-2)11(14)7-6-8-17-10(3)9-12(15)16/h10H,4-9H2,1-3H3,(H,15,16). The van der Waals surface area contributed by atoms with E-state index in [1.54, 1.807) is 11.8 Å². The zero-order valence-corrected chi connectivity index (χ0v) is 11.8. The first-order chi connectivity index (χ1) is 8.01. The molecular formula is C12H23NO3S. The first-order valence-corrected chi connectivity index (χ1v) is 7.17. The molecule has 0 aromatic carbocycles. The minimum absolute atomic E-state index is 0.121. The third-order valence-electron chi connectivity index (χ3n) is 2.52. The van der Waals surface area contributed by atoms with Crippen molar-refractivity contribution >= 4 is 23.6 Å². The predicted molar refractivity (Wildman–Crippen MR) is 71.3 cm³/mol. The van der Waals surface area contributed by atoms with E-state index in [0.29, 0.717) is 6.42 Å². The second-order valence-electron chi connectivity index (χ2n) is 3.95. The summed E-state index contributed by atoms with van der Waals surface area (Å²) in [6.45, 7) is 7.39. The van der Waals surface area contributed by atoms with E-state index in [4.69, 9.17) is 5.11 Å². The van der Waals surface area contributed by atoms with Crippen LogP contribution in [0.4, 0.5) is 0 Å². The Morgan fingerprint density at radius 3 is 2.35 bits per heavy atom. The minimum atomic E-state index is -0.760. The zero-order valence-electron chi connectivity index (χ0n) is 10.9. The molecule has 0 aromatic heterocycles. The Labute approximate surface area is 108 Å². The maximum absolute atomic E-state index is 11.7. The molecule has 0 aliphatic heterocycles. The molecule has 1 amide bonds. The summed E-state index contributed by atoms with van der Waals surface area (Å²) in [7, 11) is 0. The van der Waals surface area contributed by atoms with Gasteiger partial charge in [0.1, 0.15) is 0 Å². The number of aliphatic carboxylic acids is 1. The summed E-state index contributed by atoms with van der Waals surface area (Å²) in [6, 6.07) is 0. The van der Waals surface area contributed by atoms with Gasteiger partial charge in [-0.25, -0.2) is 0 Å². The molecule has 0 fully saturated rings. The molecule has 1 N–H and O–H groups in total. The number of rotatable bonds is 9. The minimum Gasteiger partial charge on any atom is -0.481 e. The molecule has 17 heavy (non-hydrogen) atoms. The van der Waals surface area contributed by atoms with E-state index >= 15 is 0 Å². The highest BCUT2D eigenvalue weighted by Crippen LogP contribution is 2.16. The quantitative estimate of drug-likeness (QED) is 0.647. The van der Waals surface area contributed by atoms with Gasteiger partial charge in [-0.15, -0.1) is 0 Å².